The van der Waals surface area contributed by atoms with Crippen LogP contribution >= 0.6 is 15.8 Å². The SMILES string of the molecule is CN(C)[C@@H](c1ccccc1P(C1CCCCC1)C1CCCCC1)c1cc[cH-]c1P(C1CCCCC1)C1CCCCC1.[Fe+2].c1cc[cH-]c1. The van der Waals surface area contributed by atoms with Crippen LogP contribution in [0.3, 0.4) is 0 Å². The number of hydrogen-bond donors (Lipinski definition) is 0. The van der Waals surface area contributed by atoms with E-state index in [-0.39, 0.29) is 32.9 Å². The summed E-state index contributed by atoms with van der Waals surface area (Å²) in [4.78, 5) is 2.60. The molecule has 4 aliphatic rings. The second-order valence-electron chi connectivity index (χ2n) is 15.2. The molecule has 0 saturated heterocycles. The van der Waals surface area contributed by atoms with E-state index in [9.17, 15) is 0 Å². The average molecular weight is 712 g/mol. The molecule has 4 saturated carbocycles. The van der Waals surface area contributed by atoms with Crippen LogP contribution in [0, 0.1) is 0 Å². The predicted molar refractivity (Wildman–Crippen MR) is 207 cm³/mol. The molecule has 1 atom stereocenters. The van der Waals surface area contributed by atoms with Crippen molar-refractivity contribution in [1.82, 2.24) is 4.90 Å². The van der Waals surface area contributed by atoms with Crippen LogP contribution in [-0.4, -0.2) is 41.6 Å². The van der Waals surface area contributed by atoms with Crippen LogP contribution in [0.15, 0.2) is 72.8 Å². The van der Waals surface area contributed by atoms with E-state index in [1.807, 2.05) is 35.6 Å². The van der Waals surface area contributed by atoms with Gasteiger partial charge in [-0.3, -0.25) is 0 Å². The Morgan fingerprint density at radius 2 is 0.979 bits per heavy atom. The summed E-state index contributed by atoms with van der Waals surface area (Å²) in [5.74, 6) is 0. The summed E-state index contributed by atoms with van der Waals surface area (Å²) in [6, 6.07) is 28.0. The van der Waals surface area contributed by atoms with E-state index < -0.39 is 0 Å². The molecule has 258 valence electrons. The van der Waals surface area contributed by atoms with Gasteiger partial charge < -0.3 is 4.90 Å². The molecule has 0 radical (unpaired) electrons. The summed E-state index contributed by atoms with van der Waals surface area (Å²) in [6.45, 7) is 0. The normalized spacial score (nSPS) is 21.4. The molecule has 0 heterocycles. The molecule has 0 amide bonds. The van der Waals surface area contributed by atoms with Crippen LogP contribution in [0.4, 0.5) is 0 Å². The molecule has 0 aliphatic heterocycles. The van der Waals surface area contributed by atoms with Gasteiger partial charge in [-0.15, -0.1) is 5.30 Å². The first-order valence-electron chi connectivity index (χ1n) is 19.5. The zero-order valence-electron chi connectivity index (χ0n) is 29.7. The minimum Gasteiger partial charge on any atom is -0.310 e. The smallest absolute Gasteiger partial charge is 0.310 e. The average Bonchev–Trinajstić information content (AvgIpc) is 3.85. The maximum Gasteiger partial charge on any atom is 2.00 e. The maximum absolute atomic E-state index is 2.62. The standard InChI is InChI=1S/C38H58NP2.C5H5.Fe/c1-39(2)38(35-27-17-29-37(35)41(32-22-11-5-12-23-32)33-24-13-6-14-25-33)34-26-15-16-28-36(34)40(30-18-7-3-8-19-30)31-20-9-4-10-21-31;1-2-4-5-3-1;/h15-17,26-33,38H,3-14,18-25H2,1-2H3;1-5H;/q2*-1;+2/t38-;;/m0../s1. The van der Waals surface area contributed by atoms with Crippen molar-refractivity contribution in [1.29, 1.82) is 0 Å². The van der Waals surface area contributed by atoms with Crippen molar-refractivity contribution in [2.45, 2.75) is 157 Å². The Hall–Kier alpha value is -0.741. The molecule has 0 bridgehead atoms. The van der Waals surface area contributed by atoms with Crippen molar-refractivity contribution in [2.24, 2.45) is 0 Å². The molecule has 0 aromatic heterocycles. The van der Waals surface area contributed by atoms with Gasteiger partial charge in [-0.1, -0.05) is 117 Å². The summed E-state index contributed by atoms with van der Waals surface area (Å²) in [5.41, 5.74) is 7.18. The minimum atomic E-state index is -0.117. The quantitative estimate of drug-likeness (QED) is 0.121. The summed E-state index contributed by atoms with van der Waals surface area (Å²) in [6.07, 6.45) is 29.5. The van der Waals surface area contributed by atoms with Gasteiger partial charge in [-0.2, -0.15) is 35.9 Å². The van der Waals surface area contributed by atoms with Gasteiger partial charge in [0.2, 0.25) is 0 Å². The Balaban J connectivity index is 0.000000662. The van der Waals surface area contributed by atoms with Crippen molar-refractivity contribution in [3.8, 4) is 0 Å². The van der Waals surface area contributed by atoms with E-state index in [0.29, 0.717) is 6.04 Å². The molecule has 4 heteroatoms. The first-order valence-corrected chi connectivity index (χ1v) is 22.4. The Kier molecular flexibility index (Phi) is 15.6. The molecule has 1 nitrogen and oxygen atoms in total. The topological polar surface area (TPSA) is 3.24 Å². The number of benzene rings is 1. The number of hydrogen-bond acceptors (Lipinski definition) is 1. The third-order valence-corrected chi connectivity index (χ3v) is 19.0. The van der Waals surface area contributed by atoms with Gasteiger partial charge >= 0.3 is 17.1 Å². The first kappa shape index (κ1) is 37.5. The second kappa shape index (κ2) is 19.6. The molecule has 0 N–H and O–H groups in total. The van der Waals surface area contributed by atoms with E-state index in [4.69, 9.17) is 0 Å². The molecule has 4 aliphatic carbocycles. The van der Waals surface area contributed by atoms with Crippen molar-refractivity contribution in [2.75, 3.05) is 14.1 Å². The van der Waals surface area contributed by atoms with E-state index in [1.54, 1.807) is 16.4 Å². The monoisotopic (exact) mass is 711 g/mol. The van der Waals surface area contributed by atoms with Gasteiger partial charge in [-0.25, -0.2) is 18.2 Å². The van der Waals surface area contributed by atoms with Gasteiger partial charge in [0.1, 0.15) is 0 Å². The third kappa shape index (κ3) is 9.74. The molecular formula is C43H63FeNP2. The fourth-order valence-corrected chi connectivity index (χ4v) is 17.7. The fraction of sp³-hybridized carbons (Fsp3) is 0.628. The zero-order valence-corrected chi connectivity index (χ0v) is 32.5. The van der Waals surface area contributed by atoms with Crippen LogP contribution in [0.1, 0.15) is 146 Å². The molecule has 3 aromatic rings. The van der Waals surface area contributed by atoms with Crippen LogP contribution < -0.4 is 10.6 Å². The predicted octanol–water partition coefficient (Wildman–Crippen LogP) is 12.0. The van der Waals surface area contributed by atoms with Crippen LogP contribution in [-0.2, 0) is 17.1 Å². The molecule has 0 spiro atoms. The Bertz CT molecular complexity index is 1190. The second-order valence-corrected chi connectivity index (χ2v) is 20.7. The first-order chi connectivity index (χ1) is 22.7. The summed E-state index contributed by atoms with van der Waals surface area (Å²) < 4.78 is 0. The molecule has 47 heavy (non-hydrogen) atoms. The molecule has 0 unspecified atom stereocenters. The van der Waals surface area contributed by atoms with Gasteiger partial charge in [0.25, 0.3) is 0 Å². The third-order valence-electron chi connectivity index (χ3n) is 11.9. The van der Waals surface area contributed by atoms with Crippen LogP contribution in [0.2, 0.25) is 0 Å². The van der Waals surface area contributed by atoms with E-state index in [2.05, 4.69) is 61.5 Å². The van der Waals surface area contributed by atoms with Gasteiger partial charge in [0.05, 0.1) is 0 Å². The van der Waals surface area contributed by atoms with Crippen LogP contribution in [0.25, 0.3) is 0 Å². The maximum atomic E-state index is 2.62. The van der Waals surface area contributed by atoms with Gasteiger partial charge in [0, 0.05) is 6.04 Å². The Morgan fingerprint density at radius 1 is 0.532 bits per heavy atom. The Labute approximate surface area is 302 Å². The van der Waals surface area contributed by atoms with Crippen molar-refractivity contribution in [3.05, 3.63) is 83.9 Å². The minimum absolute atomic E-state index is 0. The molecule has 4 fully saturated rings. The van der Waals surface area contributed by atoms with Gasteiger partial charge in [-0.05, 0) is 99.0 Å². The van der Waals surface area contributed by atoms with E-state index in [0.717, 1.165) is 22.6 Å². The number of nitrogens with zero attached hydrogens (tertiary/aromatic N) is 1. The number of rotatable bonds is 9. The Morgan fingerprint density at radius 3 is 1.40 bits per heavy atom. The molecule has 3 aromatic carbocycles. The van der Waals surface area contributed by atoms with Crippen LogP contribution in [0.5, 0.6) is 0 Å². The van der Waals surface area contributed by atoms with E-state index in [1.165, 1.54) is 128 Å². The summed E-state index contributed by atoms with van der Waals surface area (Å²) >= 11 is 0. The molecule has 7 rings (SSSR count). The zero-order chi connectivity index (χ0) is 31.6. The van der Waals surface area contributed by atoms with Crippen molar-refractivity contribution in [3.63, 3.8) is 0 Å². The fourth-order valence-electron chi connectivity index (χ4n) is 9.71. The van der Waals surface area contributed by atoms with Gasteiger partial charge in [0.15, 0.2) is 0 Å². The largest absolute Gasteiger partial charge is 2.00 e. The van der Waals surface area contributed by atoms with Crippen molar-refractivity contribution >= 4 is 26.5 Å². The van der Waals surface area contributed by atoms with E-state index >= 15 is 0 Å². The summed E-state index contributed by atoms with van der Waals surface area (Å²) in [7, 11) is 4.55. The summed E-state index contributed by atoms with van der Waals surface area (Å²) in [5, 5.41) is 3.61. The van der Waals surface area contributed by atoms with Crippen molar-refractivity contribution < 1.29 is 17.1 Å². The molecular weight excluding hydrogens is 648 g/mol.